The van der Waals surface area contributed by atoms with E-state index >= 15 is 0 Å². The van der Waals surface area contributed by atoms with Gasteiger partial charge in [-0.2, -0.15) is 0 Å². The number of nitrogens with zero attached hydrogens (tertiary/aromatic N) is 2. The van der Waals surface area contributed by atoms with Crippen molar-refractivity contribution in [2.75, 3.05) is 39.3 Å². The summed E-state index contributed by atoms with van der Waals surface area (Å²) in [6.07, 6.45) is 1.64. The Morgan fingerprint density at radius 1 is 1.17 bits per heavy atom. The van der Waals surface area contributed by atoms with Crippen LogP contribution in [0.2, 0.25) is 0 Å². The van der Waals surface area contributed by atoms with Gasteiger partial charge in [-0.15, -0.1) is 0 Å². The standard InChI is InChI=1S/C18H23F2N3O/c19-12-1-2-17(20)15(9-12)14-10-16(14)18(24)23-6-3-13(11-23)22-7-4-21-5-8-22/h1-2,9,13-14,16,21H,3-8,10-11H2. The van der Waals surface area contributed by atoms with E-state index in [0.717, 1.165) is 57.8 Å². The zero-order valence-electron chi connectivity index (χ0n) is 13.7. The van der Waals surface area contributed by atoms with Gasteiger partial charge >= 0.3 is 0 Å². The molecule has 0 bridgehead atoms. The van der Waals surface area contributed by atoms with E-state index in [1.54, 1.807) is 0 Å². The number of carbonyl (C=O) groups is 1. The van der Waals surface area contributed by atoms with Crippen molar-refractivity contribution in [1.29, 1.82) is 0 Å². The predicted molar refractivity (Wildman–Crippen MR) is 86.6 cm³/mol. The summed E-state index contributed by atoms with van der Waals surface area (Å²) in [5.74, 6) is -1.07. The molecule has 2 heterocycles. The Labute approximate surface area is 140 Å². The zero-order chi connectivity index (χ0) is 16.7. The van der Waals surface area contributed by atoms with E-state index in [4.69, 9.17) is 0 Å². The lowest BCUT2D eigenvalue weighted by atomic mass is 10.1. The maximum Gasteiger partial charge on any atom is 0.226 e. The van der Waals surface area contributed by atoms with E-state index in [1.165, 1.54) is 6.07 Å². The number of likely N-dealkylation sites (tertiary alicyclic amines) is 1. The second kappa shape index (κ2) is 6.41. The summed E-state index contributed by atoms with van der Waals surface area (Å²) in [5, 5.41) is 3.35. The van der Waals surface area contributed by atoms with Crippen LogP contribution < -0.4 is 5.32 Å². The van der Waals surface area contributed by atoms with Gasteiger partial charge in [0.1, 0.15) is 11.6 Å². The monoisotopic (exact) mass is 335 g/mol. The summed E-state index contributed by atoms with van der Waals surface area (Å²) in [6.45, 7) is 5.64. The molecular weight excluding hydrogens is 312 g/mol. The normalized spacial score (nSPS) is 30.6. The van der Waals surface area contributed by atoms with Crippen LogP contribution in [0.1, 0.15) is 24.3 Å². The third-order valence-corrected chi connectivity index (χ3v) is 5.61. The van der Waals surface area contributed by atoms with Gasteiger partial charge < -0.3 is 10.2 Å². The van der Waals surface area contributed by atoms with Crippen LogP contribution in [-0.4, -0.2) is 61.0 Å². The van der Waals surface area contributed by atoms with Crippen molar-refractivity contribution in [3.05, 3.63) is 35.4 Å². The summed E-state index contributed by atoms with van der Waals surface area (Å²) < 4.78 is 27.2. The lowest BCUT2D eigenvalue weighted by molar-refractivity contribution is -0.131. The molecule has 1 amide bonds. The Bertz CT molecular complexity index is 633. The minimum absolute atomic E-state index is 0.112. The quantitative estimate of drug-likeness (QED) is 0.911. The van der Waals surface area contributed by atoms with Crippen molar-refractivity contribution in [2.24, 2.45) is 5.92 Å². The number of amides is 1. The SMILES string of the molecule is O=C(C1CC1c1cc(F)ccc1F)N1CCC(N2CCNCC2)C1. The highest BCUT2D eigenvalue weighted by atomic mass is 19.1. The number of nitrogens with one attached hydrogen (secondary N) is 1. The minimum Gasteiger partial charge on any atom is -0.341 e. The van der Waals surface area contributed by atoms with Gasteiger partial charge in [0.2, 0.25) is 5.91 Å². The van der Waals surface area contributed by atoms with Crippen molar-refractivity contribution in [2.45, 2.75) is 24.8 Å². The van der Waals surface area contributed by atoms with Gasteiger partial charge in [0.05, 0.1) is 0 Å². The van der Waals surface area contributed by atoms with Crippen LogP contribution in [0.25, 0.3) is 0 Å². The highest BCUT2D eigenvalue weighted by Crippen LogP contribution is 2.49. The Hall–Kier alpha value is -1.53. The molecule has 6 heteroatoms. The average molecular weight is 335 g/mol. The van der Waals surface area contributed by atoms with Crippen LogP contribution in [0.15, 0.2) is 18.2 Å². The lowest BCUT2D eigenvalue weighted by Gasteiger charge is -2.32. The molecule has 2 saturated heterocycles. The van der Waals surface area contributed by atoms with Crippen molar-refractivity contribution in [3.63, 3.8) is 0 Å². The Morgan fingerprint density at radius 2 is 1.96 bits per heavy atom. The van der Waals surface area contributed by atoms with E-state index in [2.05, 4.69) is 10.2 Å². The van der Waals surface area contributed by atoms with Gasteiger partial charge in [0, 0.05) is 51.2 Å². The van der Waals surface area contributed by atoms with Gasteiger partial charge in [-0.1, -0.05) is 0 Å². The predicted octanol–water partition coefficient (Wildman–Crippen LogP) is 1.57. The Balaban J connectivity index is 1.36. The number of carbonyl (C=O) groups excluding carboxylic acids is 1. The molecule has 1 aromatic rings. The summed E-state index contributed by atoms with van der Waals surface area (Å²) in [5.41, 5.74) is 0.353. The highest BCUT2D eigenvalue weighted by molar-refractivity contribution is 5.83. The molecule has 1 N–H and O–H groups in total. The number of benzene rings is 1. The minimum atomic E-state index is -0.440. The molecule has 0 radical (unpaired) electrons. The maximum atomic E-state index is 13.9. The van der Waals surface area contributed by atoms with E-state index < -0.39 is 11.6 Å². The lowest BCUT2D eigenvalue weighted by Crippen LogP contribution is -2.49. The van der Waals surface area contributed by atoms with Gasteiger partial charge in [0.15, 0.2) is 0 Å². The second-order valence-electron chi connectivity index (χ2n) is 7.13. The van der Waals surface area contributed by atoms with Crippen molar-refractivity contribution >= 4 is 5.91 Å². The van der Waals surface area contributed by atoms with Crippen LogP contribution in [0, 0.1) is 17.6 Å². The van der Waals surface area contributed by atoms with Gasteiger partial charge in [-0.25, -0.2) is 8.78 Å². The molecule has 3 aliphatic rings. The molecule has 1 saturated carbocycles. The number of hydrogen-bond acceptors (Lipinski definition) is 3. The Morgan fingerprint density at radius 3 is 2.75 bits per heavy atom. The molecular formula is C18H23F2N3O. The van der Waals surface area contributed by atoms with Gasteiger partial charge in [0.25, 0.3) is 0 Å². The number of piperazine rings is 1. The third-order valence-electron chi connectivity index (χ3n) is 5.61. The Kier molecular flexibility index (Phi) is 4.26. The fourth-order valence-corrected chi connectivity index (χ4v) is 4.13. The summed E-state index contributed by atoms with van der Waals surface area (Å²) in [6, 6.07) is 3.96. The molecule has 1 aliphatic carbocycles. The van der Waals surface area contributed by atoms with Gasteiger partial charge in [-0.3, -0.25) is 9.69 Å². The van der Waals surface area contributed by atoms with Crippen molar-refractivity contribution < 1.29 is 13.6 Å². The molecule has 1 aromatic carbocycles. The van der Waals surface area contributed by atoms with E-state index in [-0.39, 0.29) is 17.7 Å². The fourth-order valence-electron chi connectivity index (χ4n) is 4.13. The molecule has 4 nitrogen and oxygen atoms in total. The number of halogens is 2. The smallest absolute Gasteiger partial charge is 0.226 e. The van der Waals surface area contributed by atoms with E-state index in [1.807, 2.05) is 4.90 Å². The molecule has 2 aliphatic heterocycles. The first kappa shape index (κ1) is 16.0. The zero-order valence-corrected chi connectivity index (χ0v) is 13.7. The van der Waals surface area contributed by atoms with Crippen LogP contribution in [0.5, 0.6) is 0 Å². The molecule has 3 unspecified atom stereocenters. The van der Waals surface area contributed by atoms with Crippen LogP contribution in [-0.2, 0) is 4.79 Å². The first-order valence-corrected chi connectivity index (χ1v) is 8.82. The van der Waals surface area contributed by atoms with Crippen LogP contribution in [0.4, 0.5) is 8.78 Å². The third kappa shape index (κ3) is 3.05. The molecule has 4 rings (SSSR count). The van der Waals surface area contributed by atoms with Crippen LogP contribution in [0.3, 0.4) is 0 Å². The van der Waals surface area contributed by atoms with E-state index in [0.29, 0.717) is 18.0 Å². The molecule has 0 spiro atoms. The summed E-state index contributed by atoms with van der Waals surface area (Å²) >= 11 is 0. The van der Waals surface area contributed by atoms with E-state index in [9.17, 15) is 13.6 Å². The largest absolute Gasteiger partial charge is 0.341 e. The van der Waals surface area contributed by atoms with Gasteiger partial charge in [-0.05, 0) is 42.5 Å². The molecule has 24 heavy (non-hydrogen) atoms. The fraction of sp³-hybridized carbons (Fsp3) is 0.611. The topological polar surface area (TPSA) is 35.6 Å². The summed E-state index contributed by atoms with van der Waals surface area (Å²) in [4.78, 5) is 17.1. The number of rotatable bonds is 3. The molecule has 0 aromatic heterocycles. The van der Waals surface area contributed by atoms with Crippen molar-refractivity contribution in [1.82, 2.24) is 15.1 Å². The highest BCUT2D eigenvalue weighted by Gasteiger charge is 2.48. The number of hydrogen-bond donors (Lipinski definition) is 1. The van der Waals surface area contributed by atoms with Crippen LogP contribution >= 0.6 is 0 Å². The first-order chi connectivity index (χ1) is 11.6. The molecule has 3 atom stereocenters. The van der Waals surface area contributed by atoms with Crippen molar-refractivity contribution in [3.8, 4) is 0 Å². The molecule has 3 fully saturated rings. The average Bonchev–Trinajstić information content (AvgIpc) is 3.24. The first-order valence-electron chi connectivity index (χ1n) is 8.82. The molecule has 130 valence electrons. The maximum absolute atomic E-state index is 13.9. The second-order valence-corrected chi connectivity index (χ2v) is 7.13. The summed E-state index contributed by atoms with van der Waals surface area (Å²) in [7, 11) is 0.